The maximum Gasteiger partial charge on any atom is 0.235 e. The molecule has 4 rings (SSSR count). The topological polar surface area (TPSA) is 97.8 Å². The van der Waals surface area contributed by atoms with E-state index in [4.69, 9.17) is 4.74 Å². The Hall–Kier alpha value is -3.09. The highest BCUT2D eigenvalue weighted by Gasteiger charge is 2.24. The Kier molecular flexibility index (Phi) is 6.63. The van der Waals surface area contributed by atoms with Crippen molar-refractivity contribution in [2.45, 2.75) is 51.4 Å². The van der Waals surface area contributed by atoms with Gasteiger partial charge < -0.3 is 14.6 Å². The highest BCUT2D eigenvalue weighted by molar-refractivity contribution is 7.99. The molecule has 0 unspecified atom stereocenters. The number of carbonyl (C=O) groups excluding carboxylic acids is 1. The molecule has 1 saturated heterocycles. The zero-order valence-electron chi connectivity index (χ0n) is 18.5. The van der Waals surface area contributed by atoms with Crippen LogP contribution in [-0.4, -0.2) is 43.7 Å². The summed E-state index contributed by atoms with van der Waals surface area (Å²) in [6.07, 6.45) is 2.12. The van der Waals surface area contributed by atoms with Gasteiger partial charge in [0.1, 0.15) is 17.7 Å². The van der Waals surface area contributed by atoms with E-state index in [1.54, 1.807) is 0 Å². The second-order valence-corrected chi connectivity index (χ2v) is 8.77. The first-order valence-electron chi connectivity index (χ1n) is 10.6. The maximum absolute atomic E-state index is 12.9. The molecule has 32 heavy (non-hydrogen) atoms. The second kappa shape index (κ2) is 9.59. The highest BCUT2D eigenvalue weighted by Crippen LogP contribution is 2.29. The van der Waals surface area contributed by atoms with Gasteiger partial charge in [-0.3, -0.25) is 9.36 Å². The zero-order chi connectivity index (χ0) is 22.7. The van der Waals surface area contributed by atoms with Crippen LogP contribution in [0.3, 0.4) is 0 Å². The van der Waals surface area contributed by atoms with E-state index in [1.807, 2.05) is 60.2 Å². The molecule has 1 amide bonds. The van der Waals surface area contributed by atoms with Crippen LogP contribution in [0.5, 0.6) is 0 Å². The minimum atomic E-state index is -0.196. The second-order valence-electron chi connectivity index (χ2n) is 7.83. The number of aryl methyl sites for hydroxylation is 1. The van der Waals surface area contributed by atoms with Gasteiger partial charge in [0.15, 0.2) is 5.16 Å². The molecule has 0 bridgehead atoms. The first-order chi connectivity index (χ1) is 15.5. The Bertz CT molecular complexity index is 1160. The lowest BCUT2D eigenvalue weighted by atomic mass is 10.2. The van der Waals surface area contributed by atoms with Crippen LogP contribution in [0.2, 0.25) is 0 Å². The fourth-order valence-corrected chi connectivity index (χ4v) is 4.76. The number of benzene rings is 1. The molecule has 1 aliphatic rings. The molecular formula is C23H26N6O2S. The summed E-state index contributed by atoms with van der Waals surface area (Å²) in [5.74, 6) is 1.25. The fraction of sp³-hybridized carbons (Fsp3) is 0.391. The summed E-state index contributed by atoms with van der Waals surface area (Å²) in [7, 11) is 0. The Morgan fingerprint density at radius 1 is 1.28 bits per heavy atom. The van der Waals surface area contributed by atoms with E-state index < -0.39 is 0 Å². The van der Waals surface area contributed by atoms with Crippen LogP contribution >= 0.6 is 11.8 Å². The summed E-state index contributed by atoms with van der Waals surface area (Å²) in [4.78, 5) is 12.9. The van der Waals surface area contributed by atoms with Crippen molar-refractivity contribution >= 4 is 23.5 Å². The van der Waals surface area contributed by atoms with E-state index >= 15 is 0 Å². The summed E-state index contributed by atoms with van der Waals surface area (Å²) >= 11 is 1.31. The van der Waals surface area contributed by atoms with Crippen molar-refractivity contribution in [3.8, 4) is 11.8 Å². The molecule has 2 aromatic heterocycles. The summed E-state index contributed by atoms with van der Waals surface area (Å²) in [5.41, 5.74) is 3.30. The quantitative estimate of drug-likeness (QED) is 0.550. The van der Waals surface area contributed by atoms with Crippen LogP contribution < -0.4 is 5.32 Å². The Morgan fingerprint density at radius 2 is 2.06 bits per heavy atom. The van der Waals surface area contributed by atoms with E-state index in [9.17, 15) is 10.1 Å². The predicted molar refractivity (Wildman–Crippen MR) is 123 cm³/mol. The lowest BCUT2D eigenvalue weighted by Gasteiger charge is -2.17. The van der Waals surface area contributed by atoms with Gasteiger partial charge in [0.2, 0.25) is 5.91 Å². The normalized spacial score (nSPS) is 15.6. The molecule has 1 aliphatic heterocycles. The molecule has 0 aliphatic carbocycles. The first-order valence-corrected chi connectivity index (χ1v) is 11.6. The van der Waals surface area contributed by atoms with Gasteiger partial charge in [-0.15, -0.1) is 10.2 Å². The molecule has 1 N–H and O–H groups in total. The van der Waals surface area contributed by atoms with Gasteiger partial charge in [0.05, 0.1) is 24.0 Å². The van der Waals surface area contributed by atoms with Crippen LogP contribution in [0.4, 0.5) is 5.82 Å². The molecule has 0 saturated carbocycles. The van der Waals surface area contributed by atoms with Crippen molar-refractivity contribution in [2.24, 2.45) is 0 Å². The van der Waals surface area contributed by atoms with Gasteiger partial charge in [-0.1, -0.05) is 30.0 Å². The van der Waals surface area contributed by atoms with Crippen molar-refractivity contribution < 1.29 is 9.53 Å². The predicted octanol–water partition coefficient (Wildman–Crippen LogP) is 3.78. The summed E-state index contributed by atoms with van der Waals surface area (Å²) in [6, 6.07) is 12.1. The number of amides is 1. The van der Waals surface area contributed by atoms with E-state index in [0.29, 0.717) is 23.1 Å². The van der Waals surface area contributed by atoms with Crippen molar-refractivity contribution in [3.63, 3.8) is 0 Å². The molecule has 1 atom stereocenters. The molecule has 0 spiro atoms. The molecule has 3 heterocycles. The van der Waals surface area contributed by atoms with Gasteiger partial charge in [0, 0.05) is 18.0 Å². The monoisotopic (exact) mass is 450 g/mol. The Morgan fingerprint density at radius 3 is 2.75 bits per heavy atom. The minimum Gasteiger partial charge on any atom is -0.376 e. The van der Waals surface area contributed by atoms with Gasteiger partial charge in [-0.2, -0.15) is 5.26 Å². The number of aromatic nitrogens is 4. The molecule has 1 aromatic carbocycles. The van der Waals surface area contributed by atoms with Crippen molar-refractivity contribution in [3.05, 3.63) is 53.0 Å². The largest absolute Gasteiger partial charge is 0.376 e. The standard InChI is InChI=1S/C23H26N6O2S/c1-15-16(2)28(13-19-10-7-11-31-19)22(20(15)12-24)25-21(30)14-32-23-27-26-17(3)29(23)18-8-5-4-6-9-18/h4-6,8-9,19H,7,10-11,13-14H2,1-3H3,(H,25,30)/t19-/m1/s1. The number of nitrogens with one attached hydrogen (secondary N) is 1. The number of hydrogen-bond acceptors (Lipinski definition) is 6. The molecule has 8 nitrogen and oxygen atoms in total. The van der Waals surface area contributed by atoms with Gasteiger partial charge in [-0.25, -0.2) is 0 Å². The van der Waals surface area contributed by atoms with Gasteiger partial charge in [0.25, 0.3) is 0 Å². The number of hydrogen-bond donors (Lipinski definition) is 1. The van der Waals surface area contributed by atoms with Crippen molar-refractivity contribution in [1.82, 2.24) is 19.3 Å². The van der Waals surface area contributed by atoms with Crippen LogP contribution in [0.15, 0.2) is 35.5 Å². The van der Waals surface area contributed by atoms with Crippen LogP contribution in [0.25, 0.3) is 5.69 Å². The van der Waals surface area contributed by atoms with Crippen LogP contribution in [-0.2, 0) is 16.1 Å². The van der Waals surface area contributed by atoms with E-state index in [-0.39, 0.29) is 17.8 Å². The number of nitrogens with zero attached hydrogens (tertiary/aromatic N) is 5. The van der Waals surface area contributed by atoms with Gasteiger partial charge in [-0.05, 0) is 51.3 Å². The lowest BCUT2D eigenvalue weighted by molar-refractivity contribution is -0.113. The minimum absolute atomic E-state index is 0.101. The SMILES string of the molecule is Cc1c(C#N)c(NC(=O)CSc2nnc(C)n2-c2ccccc2)n(C[C@H]2CCCO2)c1C. The summed E-state index contributed by atoms with van der Waals surface area (Å²) in [5, 5.41) is 21.7. The summed E-state index contributed by atoms with van der Waals surface area (Å²) in [6.45, 7) is 7.15. The van der Waals surface area contributed by atoms with Gasteiger partial charge >= 0.3 is 0 Å². The zero-order valence-corrected chi connectivity index (χ0v) is 19.3. The van der Waals surface area contributed by atoms with E-state index in [2.05, 4.69) is 21.6 Å². The maximum atomic E-state index is 12.9. The number of rotatable bonds is 7. The molecular weight excluding hydrogens is 424 g/mol. The molecule has 0 radical (unpaired) electrons. The number of nitriles is 1. The Labute approximate surface area is 191 Å². The van der Waals surface area contributed by atoms with Crippen molar-refractivity contribution in [2.75, 3.05) is 17.7 Å². The fourth-order valence-electron chi connectivity index (χ4n) is 3.96. The number of anilines is 1. The molecule has 3 aromatic rings. The molecule has 1 fully saturated rings. The average Bonchev–Trinajstić information content (AvgIpc) is 3.49. The van der Waals surface area contributed by atoms with E-state index in [0.717, 1.165) is 42.2 Å². The summed E-state index contributed by atoms with van der Waals surface area (Å²) < 4.78 is 9.71. The number of para-hydroxylation sites is 1. The third-order valence-corrected chi connectivity index (χ3v) is 6.68. The molecule has 166 valence electrons. The lowest BCUT2D eigenvalue weighted by Crippen LogP contribution is -2.22. The number of ether oxygens (including phenoxy) is 1. The Balaban J connectivity index is 1.51. The third kappa shape index (κ3) is 4.42. The third-order valence-electron chi connectivity index (χ3n) is 5.75. The van der Waals surface area contributed by atoms with E-state index in [1.165, 1.54) is 11.8 Å². The number of carbonyl (C=O) groups is 1. The van der Waals surface area contributed by atoms with Crippen LogP contribution in [0.1, 0.15) is 35.5 Å². The van der Waals surface area contributed by atoms with Crippen LogP contribution in [0, 0.1) is 32.1 Å². The first kappa shape index (κ1) is 22.1. The molecule has 9 heteroatoms. The van der Waals surface area contributed by atoms with Crippen molar-refractivity contribution in [1.29, 1.82) is 5.26 Å². The number of thioether (sulfide) groups is 1. The average molecular weight is 451 g/mol. The smallest absolute Gasteiger partial charge is 0.235 e. The highest BCUT2D eigenvalue weighted by atomic mass is 32.2.